The van der Waals surface area contributed by atoms with Crippen molar-refractivity contribution in [1.29, 1.82) is 0 Å². The van der Waals surface area contributed by atoms with Crippen LogP contribution in [0.5, 0.6) is 0 Å². The number of oxazole rings is 1. The third-order valence-electron chi connectivity index (χ3n) is 2.73. The second-order valence-electron chi connectivity index (χ2n) is 4.05. The zero-order valence-electron chi connectivity index (χ0n) is 10.1. The van der Waals surface area contributed by atoms with Gasteiger partial charge in [0, 0.05) is 11.8 Å². The number of benzene rings is 1. The summed E-state index contributed by atoms with van der Waals surface area (Å²) >= 11 is 0. The Morgan fingerprint density at radius 2 is 2.00 bits per heavy atom. The van der Waals surface area contributed by atoms with E-state index in [2.05, 4.69) is 15.3 Å². The average Bonchev–Trinajstić information content (AvgIpc) is 2.81. The molecule has 0 spiro atoms. The maximum absolute atomic E-state index is 5.63. The van der Waals surface area contributed by atoms with E-state index in [1.165, 1.54) is 0 Å². The van der Waals surface area contributed by atoms with Gasteiger partial charge in [0.15, 0.2) is 11.2 Å². The van der Waals surface area contributed by atoms with Crippen LogP contribution >= 0.6 is 0 Å². The van der Waals surface area contributed by atoms with E-state index in [9.17, 15) is 0 Å². The van der Waals surface area contributed by atoms with Crippen LogP contribution in [0.2, 0.25) is 0 Å². The number of nitrogens with one attached hydrogen (secondary N) is 1. The van der Waals surface area contributed by atoms with Gasteiger partial charge in [-0.1, -0.05) is 30.3 Å². The molecule has 1 aromatic carbocycles. The summed E-state index contributed by atoms with van der Waals surface area (Å²) in [5.41, 5.74) is 3.54. The average molecular weight is 239 g/mol. The number of hydrogen-bond acceptors (Lipinski definition) is 4. The summed E-state index contributed by atoms with van der Waals surface area (Å²) in [7, 11) is 1.86. The van der Waals surface area contributed by atoms with E-state index in [0.717, 1.165) is 16.7 Å². The maximum atomic E-state index is 5.63. The maximum Gasteiger partial charge on any atom is 0.211 e. The number of nitrogens with zero attached hydrogens (tertiary/aromatic N) is 2. The van der Waals surface area contributed by atoms with Crippen molar-refractivity contribution in [2.24, 2.45) is 0 Å². The van der Waals surface area contributed by atoms with Crippen LogP contribution in [0.3, 0.4) is 0 Å². The predicted molar refractivity (Wildman–Crippen MR) is 70.0 cm³/mol. The Labute approximate surface area is 105 Å². The molecule has 0 fully saturated rings. The number of hydrogen-bond donors (Lipinski definition) is 1. The third-order valence-corrected chi connectivity index (χ3v) is 2.73. The fourth-order valence-electron chi connectivity index (χ4n) is 1.88. The number of pyridine rings is 1. The smallest absolute Gasteiger partial charge is 0.211 e. The zero-order chi connectivity index (χ0) is 12.4. The van der Waals surface area contributed by atoms with E-state index in [1.54, 1.807) is 0 Å². The molecule has 0 aliphatic rings. The first-order chi connectivity index (χ1) is 8.86. The van der Waals surface area contributed by atoms with Crippen LogP contribution in [0.25, 0.3) is 22.4 Å². The third kappa shape index (κ3) is 1.98. The lowest BCUT2D eigenvalue weighted by Crippen LogP contribution is -2.04. The lowest BCUT2D eigenvalue weighted by Gasteiger charge is -1.99. The first-order valence-electron chi connectivity index (χ1n) is 5.82. The van der Waals surface area contributed by atoms with Gasteiger partial charge in [0.25, 0.3) is 0 Å². The molecule has 0 saturated carbocycles. The SMILES string of the molecule is CNCc1nc2ncc(-c3ccccc3)cc2o1. The van der Waals surface area contributed by atoms with Gasteiger partial charge in [-0.2, -0.15) is 4.98 Å². The molecule has 0 bridgehead atoms. The lowest BCUT2D eigenvalue weighted by atomic mass is 10.1. The van der Waals surface area contributed by atoms with E-state index in [-0.39, 0.29) is 0 Å². The first kappa shape index (κ1) is 10.9. The Hall–Kier alpha value is -2.20. The second kappa shape index (κ2) is 4.58. The topological polar surface area (TPSA) is 51.0 Å². The van der Waals surface area contributed by atoms with Gasteiger partial charge >= 0.3 is 0 Å². The van der Waals surface area contributed by atoms with Crippen LogP contribution < -0.4 is 5.32 Å². The largest absolute Gasteiger partial charge is 0.438 e. The molecule has 0 saturated heterocycles. The standard InChI is InChI=1S/C14H13N3O/c1-15-9-13-17-14-12(18-13)7-11(8-16-14)10-5-3-2-4-6-10/h2-8,15H,9H2,1H3. The van der Waals surface area contributed by atoms with E-state index in [0.29, 0.717) is 18.1 Å². The molecule has 2 aromatic heterocycles. The normalized spacial score (nSPS) is 10.9. The van der Waals surface area contributed by atoms with Crippen molar-refractivity contribution in [2.75, 3.05) is 7.05 Å². The summed E-state index contributed by atoms with van der Waals surface area (Å²) in [5, 5.41) is 3.01. The fourth-order valence-corrected chi connectivity index (χ4v) is 1.88. The number of aromatic nitrogens is 2. The molecule has 0 radical (unpaired) electrons. The molecule has 90 valence electrons. The van der Waals surface area contributed by atoms with Gasteiger partial charge in [-0.25, -0.2) is 4.98 Å². The van der Waals surface area contributed by atoms with Gasteiger partial charge in [-0.05, 0) is 18.7 Å². The summed E-state index contributed by atoms with van der Waals surface area (Å²) in [6, 6.07) is 12.1. The van der Waals surface area contributed by atoms with E-state index < -0.39 is 0 Å². The van der Waals surface area contributed by atoms with Crippen LogP contribution in [0, 0.1) is 0 Å². The Morgan fingerprint density at radius 1 is 1.17 bits per heavy atom. The van der Waals surface area contributed by atoms with E-state index in [4.69, 9.17) is 4.42 Å². The molecule has 0 amide bonds. The minimum Gasteiger partial charge on any atom is -0.438 e. The van der Waals surface area contributed by atoms with Gasteiger partial charge in [0.1, 0.15) is 0 Å². The van der Waals surface area contributed by atoms with E-state index in [1.807, 2.05) is 49.6 Å². The zero-order valence-corrected chi connectivity index (χ0v) is 10.1. The highest BCUT2D eigenvalue weighted by molar-refractivity contribution is 5.76. The summed E-state index contributed by atoms with van der Waals surface area (Å²) in [6.07, 6.45) is 1.82. The molecular formula is C14H13N3O. The molecular weight excluding hydrogens is 226 g/mol. The van der Waals surface area contributed by atoms with Gasteiger partial charge in [-0.15, -0.1) is 0 Å². The Bertz CT molecular complexity index is 661. The minimum absolute atomic E-state index is 0.608. The molecule has 3 aromatic rings. The number of rotatable bonds is 3. The molecule has 1 N–H and O–H groups in total. The molecule has 4 heteroatoms. The Balaban J connectivity index is 2.05. The van der Waals surface area contributed by atoms with Crippen molar-refractivity contribution < 1.29 is 4.42 Å². The monoisotopic (exact) mass is 239 g/mol. The van der Waals surface area contributed by atoms with Crippen molar-refractivity contribution in [3.8, 4) is 11.1 Å². The minimum atomic E-state index is 0.608. The molecule has 0 atom stereocenters. The van der Waals surface area contributed by atoms with Crippen LogP contribution in [0.4, 0.5) is 0 Å². The van der Waals surface area contributed by atoms with Gasteiger partial charge in [-0.3, -0.25) is 0 Å². The van der Waals surface area contributed by atoms with Crippen LogP contribution in [0.15, 0.2) is 47.0 Å². The van der Waals surface area contributed by atoms with Crippen LogP contribution in [-0.4, -0.2) is 17.0 Å². The highest BCUT2D eigenvalue weighted by Crippen LogP contribution is 2.22. The first-order valence-corrected chi connectivity index (χ1v) is 5.82. The quantitative estimate of drug-likeness (QED) is 0.763. The number of fused-ring (bicyclic) bond motifs is 1. The molecule has 0 aliphatic heterocycles. The molecule has 4 nitrogen and oxygen atoms in total. The van der Waals surface area contributed by atoms with Crippen LogP contribution in [0.1, 0.15) is 5.89 Å². The van der Waals surface area contributed by atoms with Crippen molar-refractivity contribution in [3.05, 3.63) is 48.5 Å². The highest BCUT2D eigenvalue weighted by Gasteiger charge is 2.07. The molecule has 2 heterocycles. The van der Waals surface area contributed by atoms with Gasteiger partial charge in [0.2, 0.25) is 5.89 Å². The molecule has 3 rings (SSSR count). The van der Waals surface area contributed by atoms with E-state index >= 15 is 0 Å². The van der Waals surface area contributed by atoms with Gasteiger partial charge < -0.3 is 9.73 Å². The van der Waals surface area contributed by atoms with Crippen molar-refractivity contribution >= 4 is 11.2 Å². The molecule has 0 aliphatic carbocycles. The summed E-state index contributed by atoms with van der Waals surface area (Å²) < 4.78 is 5.63. The van der Waals surface area contributed by atoms with Crippen molar-refractivity contribution in [3.63, 3.8) is 0 Å². The van der Waals surface area contributed by atoms with Crippen LogP contribution in [-0.2, 0) is 6.54 Å². The van der Waals surface area contributed by atoms with Gasteiger partial charge in [0.05, 0.1) is 6.54 Å². The summed E-state index contributed by atoms with van der Waals surface area (Å²) in [4.78, 5) is 8.62. The highest BCUT2D eigenvalue weighted by atomic mass is 16.3. The fraction of sp³-hybridized carbons (Fsp3) is 0.143. The summed E-state index contributed by atoms with van der Waals surface area (Å²) in [6.45, 7) is 0.608. The predicted octanol–water partition coefficient (Wildman–Crippen LogP) is 2.61. The van der Waals surface area contributed by atoms with Crippen molar-refractivity contribution in [1.82, 2.24) is 15.3 Å². The second-order valence-corrected chi connectivity index (χ2v) is 4.05. The molecule has 0 unspecified atom stereocenters. The summed E-state index contributed by atoms with van der Waals surface area (Å²) in [5.74, 6) is 0.658. The Kier molecular flexibility index (Phi) is 2.78. The van der Waals surface area contributed by atoms with Crippen molar-refractivity contribution in [2.45, 2.75) is 6.54 Å². The lowest BCUT2D eigenvalue weighted by molar-refractivity contribution is 0.511. The molecule has 18 heavy (non-hydrogen) atoms. The Morgan fingerprint density at radius 3 is 2.78 bits per heavy atom.